The number of amides is 3. The summed E-state index contributed by atoms with van der Waals surface area (Å²) in [5.41, 5.74) is 2.35. The third-order valence-electron chi connectivity index (χ3n) is 4.63. The Morgan fingerprint density at radius 1 is 1.11 bits per heavy atom. The van der Waals surface area contributed by atoms with E-state index in [-0.39, 0.29) is 18.4 Å². The number of rotatable bonds is 8. The lowest BCUT2D eigenvalue weighted by atomic mass is 10.0. The van der Waals surface area contributed by atoms with E-state index in [2.05, 4.69) is 10.6 Å². The van der Waals surface area contributed by atoms with Gasteiger partial charge in [0.1, 0.15) is 0 Å². The highest BCUT2D eigenvalue weighted by Gasteiger charge is 2.25. The first kappa shape index (κ1) is 19.4. The van der Waals surface area contributed by atoms with Gasteiger partial charge in [0.2, 0.25) is 5.91 Å². The quantitative estimate of drug-likeness (QED) is 0.612. The molecule has 1 aliphatic rings. The lowest BCUT2D eigenvalue weighted by Gasteiger charge is -2.30. The van der Waals surface area contributed by atoms with Crippen molar-refractivity contribution in [3.8, 4) is 0 Å². The Kier molecular flexibility index (Phi) is 6.26. The van der Waals surface area contributed by atoms with E-state index in [9.17, 15) is 14.4 Å². The van der Waals surface area contributed by atoms with Crippen LogP contribution in [0.3, 0.4) is 0 Å². The van der Waals surface area contributed by atoms with Gasteiger partial charge in [0.15, 0.2) is 0 Å². The smallest absolute Gasteiger partial charge is 0.319 e. The van der Waals surface area contributed by atoms with Crippen molar-refractivity contribution in [1.29, 1.82) is 0 Å². The zero-order valence-corrected chi connectivity index (χ0v) is 15.4. The molecule has 0 aromatic heterocycles. The Balaban J connectivity index is 1.61. The number of nitrogens with one attached hydrogen (secondary N) is 2. The van der Waals surface area contributed by atoms with Crippen molar-refractivity contribution in [3.05, 3.63) is 60.2 Å². The molecule has 3 rings (SSSR count). The molecule has 1 aliphatic heterocycles. The van der Waals surface area contributed by atoms with Crippen molar-refractivity contribution in [2.75, 3.05) is 16.8 Å². The standard InChI is InChI=1S/C21H23N3O4/c25-19-11-12-24(19)18-8-4-7-16(14-18)22-21(28)23-17(9-10-20(26)27)13-15-5-2-1-3-6-15/h1-8,14,17H,9-13H2,(H,26,27)(H2,22,23,28). The van der Waals surface area contributed by atoms with Crippen molar-refractivity contribution in [1.82, 2.24) is 5.32 Å². The molecule has 0 spiro atoms. The van der Waals surface area contributed by atoms with Crippen LogP contribution in [0, 0.1) is 0 Å². The molecular weight excluding hydrogens is 358 g/mol. The van der Waals surface area contributed by atoms with Gasteiger partial charge in [0.05, 0.1) is 0 Å². The number of β-lactam (4-membered cyclic amide) rings is 1. The number of benzene rings is 2. The van der Waals surface area contributed by atoms with Crippen LogP contribution in [0.5, 0.6) is 0 Å². The summed E-state index contributed by atoms with van der Waals surface area (Å²) in [4.78, 5) is 36.6. The van der Waals surface area contributed by atoms with Gasteiger partial charge in [-0.05, 0) is 36.6 Å². The van der Waals surface area contributed by atoms with Crippen molar-refractivity contribution >= 4 is 29.3 Å². The highest BCUT2D eigenvalue weighted by atomic mass is 16.4. The number of anilines is 2. The van der Waals surface area contributed by atoms with Crippen LogP contribution in [0.1, 0.15) is 24.8 Å². The van der Waals surface area contributed by atoms with Gasteiger partial charge >= 0.3 is 12.0 Å². The third-order valence-corrected chi connectivity index (χ3v) is 4.63. The van der Waals surface area contributed by atoms with Crippen LogP contribution in [0.4, 0.5) is 16.2 Å². The molecular formula is C21H23N3O4. The van der Waals surface area contributed by atoms with Crippen LogP contribution in [-0.2, 0) is 16.0 Å². The van der Waals surface area contributed by atoms with E-state index in [0.717, 1.165) is 11.3 Å². The lowest BCUT2D eigenvalue weighted by Crippen LogP contribution is -2.43. The molecule has 2 aromatic carbocycles. The first-order valence-electron chi connectivity index (χ1n) is 9.25. The molecule has 3 N–H and O–H groups in total. The first-order chi connectivity index (χ1) is 13.5. The molecule has 7 nitrogen and oxygen atoms in total. The molecule has 0 aliphatic carbocycles. The minimum Gasteiger partial charge on any atom is -0.481 e. The van der Waals surface area contributed by atoms with Gasteiger partial charge in [-0.3, -0.25) is 9.59 Å². The number of carboxylic acid groups (broad SMARTS) is 1. The second kappa shape index (κ2) is 9.03. The van der Waals surface area contributed by atoms with Gasteiger partial charge in [-0.25, -0.2) is 4.79 Å². The van der Waals surface area contributed by atoms with Gasteiger partial charge in [-0.2, -0.15) is 0 Å². The second-order valence-electron chi connectivity index (χ2n) is 6.76. The predicted molar refractivity (Wildman–Crippen MR) is 106 cm³/mol. The van der Waals surface area contributed by atoms with E-state index in [1.807, 2.05) is 36.4 Å². The number of carbonyl (C=O) groups excluding carboxylic acids is 2. The molecule has 0 saturated carbocycles. The van der Waals surface area contributed by atoms with E-state index in [1.54, 1.807) is 23.1 Å². The number of hydrogen-bond donors (Lipinski definition) is 3. The number of nitrogens with zero attached hydrogens (tertiary/aromatic N) is 1. The lowest BCUT2D eigenvalue weighted by molar-refractivity contribution is -0.137. The van der Waals surface area contributed by atoms with Crippen molar-refractivity contribution in [2.24, 2.45) is 0 Å². The summed E-state index contributed by atoms with van der Waals surface area (Å²) in [6, 6.07) is 16.0. The zero-order chi connectivity index (χ0) is 19.9. The van der Waals surface area contributed by atoms with E-state index in [0.29, 0.717) is 31.5 Å². The Morgan fingerprint density at radius 3 is 2.54 bits per heavy atom. The summed E-state index contributed by atoms with van der Waals surface area (Å²) in [7, 11) is 0. The summed E-state index contributed by atoms with van der Waals surface area (Å²) in [6.45, 7) is 0.683. The van der Waals surface area contributed by atoms with E-state index < -0.39 is 12.0 Å². The average Bonchev–Trinajstić information content (AvgIpc) is 2.66. The van der Waals surface area contributed by atoms with Gasteiger partial charge in [0, 0.05) is 36.8 Å². The average molecular weight is 381 g/mol. The summed E-state index contributed by atoms with van der Waals surface area (Å²) in [5, 5.41) is 14.6. The van der Waals surface area contributed by atoms with Crippen LogP contribution in [0.15, 0.2) is 54.6 Å². The van der Waals surface area contributed by atoms with Crippen molar-refractivity contribution < 1.29 is 19.5 Å². The van der Waals surface area contributed by atoms with Crippen LogP contribution in [0.25, 0.3) is 0 Å². The molecule has 1 atom stereocenters. The Bertz CT molecular complexity index is 854. The van der Waals surface area contributed by atoms with E-state index in [4.69, 9.17) is 5.11 Å². The molecule has 7 heteroatoms. The minimum absolute atomic E-state index is 0.0235. The maximum absolute atomic E-state index is 12.4. The summed E-state index contributed by atoms with van der Waals surface area (Å²) in [6.07, 6.45) is 1.40. The summed E-state index contributed by atoms with van der Waals surface area (Å²) in [5.74, 6) is -0.828. The molecule has 146 valence electrons. The molecule has 3 amide bonds. The number of urea groups is 1. The fraction of sp³-hybridized carbons (Fsp3) is 0.286. The number of aliphatic carboxylic acids is 1. The van der Waals surface area contributed by atoms with E-state index >= 15 is 0 Å². The zero-order valence-electron chi connectivity index (χ0n) is 15.4. The molecule has 1 fully saturated rings. The maximum Gasteiger partial charge on any atom is 0.319 e. The van der Waals surface area contributed by atoms with Crippen LogP contribution in [-0.4, -0.2) is 35.6 Å². The largest absolute Gasteiger partial charge is 0.481 e. The van der Waals surface area contributed by atoms with E-state index in [1.165, 1.54) is 0 Å². The highest BCUT2D eigenvalue weighted by Crippen LogP contribution is 2.24. The monoisotopic (exact) mass is 381 g/mol. The fourth-order valence-corrected chi connectivity index (χ4v) is 3.11. The third kappa shape index (κ3) is 5.33. The normalized spacial score (nSPS) is 14.1. The van der Waals surface area contributed by atoms with Crippen molar-refractivity contribution in [3.63, 3.8) is 0 Å². The Labute approximate surface area is 163 Å². The summed E-state index contributed by atoms with van der Waals surface area (Å²) < 4.78 is 0. The molecule has 0 bridgehead atoms. The van der Waals surface area contributed by atoms with Crippen LogP contribution < -0.4 is 15.5 Å². The molecule has 1 unspecified atom stereocenters. The predicted octanol–water partition coefficient (Wildman–Crippen LogP) is 3.02. The second-order valence-corrected chi connectivity index (χ2v) is 6.76. The molecule has 0 radical (unpaired) electrons. The molecule has 2 aromatic rings. The highest BCUT2D eigenvalue weighted by molar-refractivity contribution is 6.00. The summed E-state index contributed by atoms with van der Waals surface area (Å²) >= 11 is 0. The number of carbonyl (C=O) groups is 3. The van der Waals surface area contributed by atoms with Crippen molar-refractivity contribution in [2.45, 2.75) is 31.7 Å². The fourth-order valence-electron chi connectivity index (χ4n) is 3.11. The van der Waals surface area contributed by atoms with Gasteiger partial charge in [-0.15, -0.1) is 0 Å². The minimum atomic E-state index is -0.896. The maximum atomic E-state index is 12.4. The first-order valence-corrected chi connectivity index (χ1v) is 9.25. The number of carboxylic acids is 1. The van der Waals surface area contributed by atoms with Crippen LogP contribution >= 0.6 is 0 Å². The Morgan fingerprint density at radius 2 is 1.89 bits per heavy atom. The van der Waals surface area contributed by atoms with Crippen LogP contribution in [0.2, 0.25) is 0 Å². The molecule has 28 heavy (non-hydrogen) atoms. The molecule has 1 heterocycles. The SMILES string of the molecule is O=C(O)CCC(Cc1ccccc1)NC(=O)Nc1cccc(N2CCC2=O)c1. The topological polar surface area (TPSA) is 98.7 Å². The molecule has 1 saturated heterocycles. The Hall–Kier alpha value is -3.35. The van der Waals surface area contributed by atoms with Gasteiger partial charge in [-0.1, -0.05) is 36.4 Å². The number of hydrogen-bond acceptors (Lipinski definition) is 3. The van der Waals surface area contributed by atoms with Gasteiger partial charge in [0.25, 0.3) is 0 Å². The van der Waals surface area contributed by atoms with Gasteiger partial charge < -0.3 is 20.6 Å².